The van der Waals surface area contributed by atoms with Gasteiger partial charge in [0.05, 0.1) is 22.8 Å². The molecule has 2 aromatic heterocycles. The first-order valence-corrected chi connectivity index (χ1v) is 32.4. The van der Waals surface area contributed by atoms with Crippen LogP contribution in [0.25, 0.3) is 155 Å². The number of nitrogens with zero attached hydrogens (tertiary/aromatic N) is 4. The fraction of sp³-hybridized carbons (Fsp3) is 0.190. The Hall–Kier alpha value is -8.98. The molecule has 15 rings (SSSR count). The Balaban J connectivity index is 0.00000694. The zero-order valence-electron chi connectivity index (χ0n) is 51.4. The van der Waals surface area contributed by atoms with Crippen LogP contribution in [0.15, 0.2) is 218 Å². The van der Waals surface area contributed by atoms with Crippen LogP contribution >= 0.6 is 0 Å². The summed E-state index contributed by atoms with van der Waals surface area (Å²) in [5.74, 6) is 0. The van der Waals surface area contributed by atoms with Crippen molar-refractivity contribution in [2.24, 2.45) is 0 Å². The summed E-state index contributed by atoms with van der Waals surface area (Å²) in [6.07, 6.45) is 13.2. The number of benzene rings is 10. The maximum atomic E-state index is 6.24. The van der Waals surface area contributed by atoms with Gasteiger partial charge in [-0.2, -0.15) is 0 Å². The van der Waals surface area contributed by atoms with E-state index in [1.54, 1.807) is 0 Å². The Labute approximate surface area is 536 Å². The maximum absolute atomic E-state index is 6.24. The van der Waals surface area contributed by atoms with Gasteiger partial charge in [-0.25, -0.2) is 9.97 Å². The first-order valence-electron chi connectivity index (χ1n) is 32.4. The van der Waals surface area contributed by atoms with Crippen LogP contribution in [-0.2, 0) is 46.1 Å². The fourth-order valence-electron chi connectivity index (χ4n) is 13.9. The Morgan fingerprint density at radius 3 is 0.831 bits per heavy atom. The Morgan fingerprint density at radius 2 is 0.528 bits per heavy atom. The van der Waals surface area contributed by atoms with Crippen molar-refractivity contribution in [3.8, 4) is 89.5 Å². The second kappa shape index (κ2) is 24.9. The van der Waals surface area contributed by atoms with E-state index < -0.39 is 0 Å². The van der Waals surface area contributed by atoms with Crippen LogP contribution in [0.4, 0.5) is 0 Å². The minimum absolute atomic E-state index is 0. The standard InChI is InChI=1S/C84H72N4.Pd/c1-5-9-21-53-33-41-57(42-34-53)73-77-65-29-17-19-31-67(65)79(85-77)74(58-43-35-54(36-44-58)22-10-6-2)81-69-49-61-25-13-15-27-63(61)51-71(69)83(87-81)76(60-47-39-56(40-48-60)24-12-8-4)84-72-52-64-28-16-14-26-62(64)50-70(72)82(88-84)75(59-45-37-55(38-46-59)23-11-7-3)80-68-32-20-18-30-66(68)78(73)86-80;/h13-20,25-52H,5-12,21-24H2,1-4H3;/q-2;+2. The molecule has 1 aliphatic carbocycles. The normalized spacial score (nSPS) is 11.8. The van der Waals surface area contributed by atoms with E-state index in [0.717, 1.165) is 232 Å². The molecule has 89 heavy (non-hydrogen) atoms. The molecule has 0 N–H and O–H groups in total. The average molecular weight is 1240 g/mol. The number of aryl methyl sites for hydroxylation is 4. The van der Waals surface area contributed by atoms with Crippen molar-refractivity contribution < 1.29 is 20.4 Å². The Kier molecular flexibility index (Phi) is 16.1. The summed E-state index contributed by atoms with van der Waals surface area (Å²) in [6.45, 7) is 9.09. The molecule has 438 valence electrons. The van der Waals surface area contributed by atoms with Gasteiger partial charge in [-0.05, 0) is 185 Å². The Bertz CT molecular complexity index is 4990. The zero-order chi connectivity index (χ0) is 59.2. The molecule has 4 nitrogen and oxygen atoms in total. The van der Waals surface area contributed by atoms with E-state index in [2.05, 4.69) is 246 Å². The van der Waals surface area contributed by atoms with Gasteiger partial charge >= 0.3 is 20.4 Å². The van der Waals surface area contributed by atoms with Gasteiger partial charge in [0.2, 0.25) is 0 Å². The largest absolute Gasteiger partial charge is 2.00 e. The van der Waals surface area contributed by atoms with E-state index in [-0.39, 0.29) is 20.4 Å². The molecular formula is C84H72N4Pd. The minimum Gasteiger partial charge on any atom is -0.656 e. The third kappa shape index (κ3) is 10.5. The van der Waals surface area contributed by atoms with Gasteiger partial charge in [0.25, 0.3) is 0 Å². The summed E-state index contributed by atoms with van der Waals surface area (Å²) in [4.78, 5) is 24.8. The van der Waals surface area contributed by atoms with E-state index in [4.69, 9.17) is 19.9 Å². The zero-order valence-corrected chi connectivity index (χ0v) is 52.9. The second-order valence-electron chi connectivity index (χ2n) is 24.5. The van der Waals surface area contributed by atoms with E-state index in [1.807, 2.05) is 0 Å². The van der Waals surface area contributed by atoms with Crippen molar-refractivity contribution in [2.45, 2.75) is 105 Å². The third-order valence-electron chi connectivity index (χ3n) is 18.7. The first-order chi connectivity index (χ1) is 43.5. The van der Waals surface area contributed by atoms with Crippen molar-refractivity contribution in [2.75, 3.05) is 0 Å². The molecule has 3 aliphatic rings. The summed E-state index contributed by atoms with van der Waals surface area (Å²) in [5, 5.41) is 8.92. The first kappa shape index (κ1) is 57.7. The molecule has 0 amide bonds. The molecule has 0 saturated heterocycles. The van der Waals surface area contributed by atoms with Crippen molar-refractivity contribution in [3.05, 3.63) is 241 Å². The minimum atomic E-state index is 0. The number of hydrogen-bond donors (Lipinski definition) is 0. The van der Waals surface area contributed by atoms with Crippen molar-refractivity contribution in [1.82, 2.24) is 19.9 Å². The van der Waals surface area contributed by atoms with Gasteiger partial charge in [-0.3, -0.25) is 0 Å². The SMILES string of the molecule is CCCCc1ccc(-c2c3nc(c(-c4ccc(CCCC)cc4)c4[n-]c(c(-c5ccc(CCCC)cc5)c5nc(c(-c6ccc(CCCC)cc6)c6[n-]c2c2ccccc62)-c2cc6ccccc6cc2-5)c2cc5ccccc5cc42)-c2ccccc2-3)cc1.[Pd+2]. The molecule has 5 heteroatoms. The smallest absolute Gasteiger partial charge is 0.656 e. The number of aromatic nitrogens is 4. The maximum Gasteiger partial charge on any atom is 2.00 e. The number of rotatable bonds is 16. The quantitative estimate of drug-likeness (QED) is 0.0905. The summed E-state index contributed by atoms with van der Waals surface area (Å²) in [5.41, 5.74) is 25.1. The summed E-state index contributed by atoms with van der Waals surface area (Å²) in [6, 6.07) is 82.3. The van der Waals surface area contributed by atoms with Gasteiger partial charge in [0.1, 0.15) is 0 Å². The van der Waals surface area contributed by atoms with Crippen molar-refractivity contribution in [3.63, 3.8) is 0 Å². The number of unbranched alkanes of at least 4 members (excludes halogenated alkanes) is 4. The average Bonchev–Trinajstić information content (AvgIpc) is 1.59. The van der Waals surface area contributed by atoms with Crippen LogP contribution in [0.5, 0.6) is 0 Å². The van der Waals surface area contributed by atoms with E-state index >= 15 is 0 Å². The molecule has 0 atom stereocenters. The Morgan fingerprint density at radius 1 is 0.270 bits per heavy atom. The molecule has 4 heterocycles. The monoisotopic (exact) mass is 1240 g/mol. The predicted molar refractivity (Wildman–Crippen MR) is 374 cm³/mol. The molecule has 0 radical (unpaired) electrons. The number of fused-ring (bicyclic) bond motifs is 2. The molecule has 0 spiro atoms. The van der Waals surface area contributed by atoms with Crippen molar-refractivity contribution >= 4 is 65.2 Å². The van der Waals surface area contributed by atoms with Gasteiger partial charge in [-0.15, -0.1) is 22.1 Å². The summed E-state index contributed by atoms with van der Waals surface area (Å²) < 4.78 is 0. The molecular weight excluding hydrogens is 1170 g/mol. The molecule has 12 aromatic rings. The van der Waals surface area contributed by atoms with Crippen molar-refractivity contribution in [1.29, 1.82) is 0 Å². The van der Waals surface area contributed by atoms with Crippen LogP contribution in [0.3, 0.4) is 0 Å². The molecule has 2 aliphatic heterocycles. The van der Waals surface area contributed by atoms with Crippen LogP contribution in [0, 0.1) is 0 Å². The van der Waals surface area contributed by atoms with Crippen LogP contribution < -0.4 is 9.97 Å². The summed E-state index contributed by atoms with van der Waals surface area (Å²) in [7, 11) is 0. The summed E-state index contributed by atoms with van der Waals surface area (Å²) >= 11 is 0. The fourth-order valence-corrected chi connectivity index (χ4v) is 13.9. The predicted octanol–water partition coefficient (Wildman–Crippen LogP) is 22.9. The molecule has 10 aromatic carbocycles. The van der Waals surface area contributed by atoms with Crippen LogP contribution in [0.1, 0.15) is 101 Å². The topological polar surface area (TPSA) is 54.0 Å². The molecule has 0 saturated carbocycles. The van der Waals surface area contributed by atoms with Gasteiger partial charge < -0.3 is 9.97 Å². The second-order valence-corrected chi connectivity index (χ2v) is 24.5. The van der Waals surface area contributed by atoms with Gasteiger partial charge in [0, 0.05) is 22.3 Å². The van der Waals surface area contributed by atoms with Crippen LogP contribution in [0.2, 0.25) is 0 Å². The molecule has 0 unspecified atom stereocenters. The molecule has 8 bridgehead atoms. The van der Waals surface area contributed by atoms with Crippen LogP contribution in [-0.4, -0.2) is 9.97 Å². The van der Waals surface area contributed by atoms with Gasteiger partial charge in [0.15, 0.2) is 0 Å². The molecule has 0 fully saturated rings. The van der Waals surface area contributed by atoms with E-state index in [9.17, 15) is 0 Å². The van der Waals surface area contributed by atoms with E-state index in [1.165, 1.54) is 22.3 Å². The number of hydrogen-bond acceptors (Lipinski definition) is 2. The van der Waals surface area contributed by atoms with E-state index in [0.29, 0.717) is 0 Å². The third-order valence-corrected chi connectivity index (χ3v) is 18.7. The van der Waals surface area contributed by atoms with Gasteiger partial charge in [-0.1, -0.05) is 248 Å².